The van der Waals surface area contributed by atoms with Crippen molar-refractivity contribution in [2.45, 2.75) is 24.4 Å². The van der Waals surface area contributed by atoms with Gasteiger partial charge in [-0.2, -0.15) is 5.26 Å². The van der Waals surface area contributed by atoms with Crippen LogP contribution in [0.4, 0.5) is 14.9 Å². The largest absolute Gasteiger partial charge is 0.479 e. The number of nitriles is 1. The molecule has 2 amide bonds. The fourth-order valence-electron chi connectivity index (χ4n) is 5.81. The number of likely N-dealkylation sites (tertiary alicyclic amines) is 1. The van der Waals surface area contributed by atoms with Crippen molar-refractivity contribution < 1.29 is 23.9 Å². The smallest absolute Gasteiger partial charge is 0.330 e. The highest BCUT2D eigenvalue weighted by molar-refractivity contribution is 6.03. The second-order valence-electron chi connectivity index (χ2n) is 10.1. The molecule has 1 aliphatic heterocycles. The lowest BCUT2D eigenvalue weighted by Gasteiger charge is -2.37. The van der Waals surface area contributed by atoms with Gasteiger partial charge in [0.15, 0.2) is 5.78 Å². The number of hydrogen-bond donors (Lipinski definition) is 2. The first-order valence-electron chi connectivity index (χ1n) is 13.0. The molecule has 4 aromatic carbocycles. The molecular formula is C33H26FN3O4. The zero-order chi connectivity index (χ0) is 29.1. The third-order valence-corrected chi connectivity index (χ3v) is 7.73. The van der Waals surface area contributed by atoms with E-state index in [1.54, 1.807) is 84.9 Å². The molecule has 0 spiro atoms. The van der Waals surface area contributed by atoms with Crippen molar-refractivity contribution in [1.82, 2.24) is 4.90 Å². The Labute approximate surface area is 236 Å². The summed E-state index contributed by atoms with van der Waals surface area (Å²) in [5.74, 6) is -4.06. The van der Waals surface area contributed by atoms with Crippen LogP contribution in [0.25, 0.3) is 0 Å². The summed E-state index contributed by atoms with van der Waals surface area (Å²) in [6.07, 6.45) is 0. The van der Waals surface area contributed by atoms with Crippen molar-refractivity contribution in [3.05, 3.63) is 137 Å². The van der Waals surface area contributed by atoms with E-state index in [1.165, 1.54) is 36.1 Å². The topological polar surface area (TPSA) is 110 Å². The minimum atomic E-state index is -1.89. The molecule has 4 atom stereocenters. The van der Waals surface area contributed by atoms with Gasteiger partial charge in [0.05, 0.1) is 23.6 Å². The molecule has 0 aromatic heterocycles. The van der Waals surface area contributed by atoms with E-state index < -0.39 is 41.2 Å². The predicted octanol–water partition coefficient (Wildman–Crippen LogP) is 6.41. The fraction of sp³-hybridized carbons (Fsp3) is 0.152. The Hall–Kier alpha value is -5.29. The van der Waals surface area contributed by atoms with Crippen LogP contribution in [0.2, 0.25) is 0 Å². The second-order valence-corrected chi connectivity index (χ2v) is 10.1. The van der Waals surface area contributed by atoms with Crippen molar-refractivity contribution in [1.29, 1.82) is 5.26 Å². The van der Waals surface area contributed by atoms with E-state index in [9.17, 15) is 29.1 Å². The molecule has 41 heavy (non-hydrogen) atoms. The van der Waals surface area contributed by atoms with Crippen LogP contribution in [0.15, 0.2) is 109 Å². The number of nitrogens with one attached hydrogen (secondary N) is 1. The Kier molecular flexibility index (Phi) is 7.36. The van der Waals surface area contributed by atoms with Gasteiger partial charge in [0.2, 0.25) is 0 Å². The molecule has 1 saturated heterocycles. The number of halogens is 1. The van der Waals surface area contributed by atoms with E-state index in [0.717, 1.165) is 0 Å². The Morgan fingerprint density at radius 1 is 0.854 bits per heavy atom. The number of hydrogen-bond acceptors (Lipinski definition) is 4. The summed E-state index contributed by atoms with van der Waals surface area (Å²) in [5.41, 5.74) is 0.211. The second kappa shape index (κ2) is 11.1. The number of benzene rings is 4. The molecule has 2 N–H and O–H groups in total. The molecule has 0 bridgehead atoms. The minimum absolute atomic E-state index is 0.261. The first-order valence-corrected chi connectivity index (χ1v) is 13.0. The first kappa shape index (κ1) is 27.3. The van der Waals surface area contributed by atoms with Crippen LogP contribution in [-0.4, -0.2) is 33.3 Å². The maximum Gasteiger partial charge on any atom is 0.330 e. The average molecular weight is 548 g/mol. The number of carbonyl (C=O) groups excluding carboxylic acids is 2. The van der Waals surface area contributed by atoms with E-state index in [-0.39, 0.29) is 11.5 Å². The number of Topliss-reactive ketones (excluding diaryl/α,β-unsaturated/α-hetero) is 1. The number of rotatable bonds is 6. The molecule has 0 radical (unpaired) electrons. The quantitative estimate of drug-likeness (QED) is 0.271. The van der Waals surface area contributed by atoms with Crippen LogP contribution in [0, 0.1) is 23.1 Å². The van der Waals surface area contributed by atoms with Crippen LogP contribution in [-0.2, 0) is 4.79 Å². The van der Waals surface area contributed by atoms with Gasteiger partial charge in [0.25, 0.3) is 0 Å². The number of carboxylic acids is 1. The number of amides is 2. The molecule has 4 unspecified atom stereocenters. The number of ketones is 1. The van der Waals surface area contributed by atoms with Crippen LogP contribution in [0.1, 0.15) is 45.9 Å². The van der Waals surface area contributed by atoms with Crippen molar-refractivity contribution in [3.63, 3.8) is 0 Å². The fourth-order valence-corrected chi connectivity index (χ4v) is 5.81. The molecule has 5 rings (SSSR count). The zero-order valence-electron chi connectivity index (χ0n) is 22.1. The lowest BCUT2D eigenvalue weighted by atomic mass is 9.71. The maximum atomic E-state index is 14.4. The number of carboxylic acid groups (broad SMARTS) is 1. The van der Waals surface area contributed by atoms with Crippen molar-refractivity contribution in [2.75, 3.05) is 5.32 Å². The molecule has 0 aliphatic carbocycles. The van der Waals surface area contributed by atoms with E-state index in [2.05, 4.69) is 11.4 Å². The molecule has 4 aromatic rings. The predicted molar refractivity (Wildman–Crippen MR) is 151 cm³/mol. The van der Waals surface area contributed by atoms with Gasteiger partial charge in [-0.15, -0.1) is 0 Å². The van der Waals surface area contributed by atoms with E-state index >= 15 is 0 Å². The number of aliphatic carboxylic acids is 1. The van der Waals surface area contributed by atoms with Crippen molar-refractivity contribution in [2.24, 2.45) is 5.92 Å². The van der Waals surface area contributed by atoms with Gasteiger partial charge in [-0.3, -0.25) is 9.69 Å². The van der Waals surface area contributed by atoms with Crippen LogP contribution in [0.5, 0.6) is 0 Å². The van der Waals surface area contributed by atoms with Gasteiger partial charge in [-0.25, -0.2) is 14.0 Å². The number of carbonyl (C=O) groups is 3. The van der Waals surface area contributed by atoms with Crippen LogP contribution < -0.4 is 5.32 Å². The highest BCUT2D eigenvalue weighted by Gasteiger charge is 2.65. The molecule has 1 fully saturated rings. The first-order chi connectivity index (χ1) is 19.8. The SMILES string of the molecule is CC1(C(=O)O)C(c2ccccc2)C(C(=O)c2ccccc2)C(c2ccc(C#N)cc2)N1C(=O)Nc1ccc(F)cc1. The third kappa shape index (κ3) is 4.94. The van der Waals surface area contributed by atoms with Gasteiger partial charge in [0, 0.05) is 17.2 Å². The van der Waals surface area contributed by atoms with E-state index in [0.29, 0.717) is 22.3 Å². The minimum Gasteiger partial charge on any atom is -0.479 e. The Morgan fingerprint density at radius 3 is 2.00 bits per heavy atom. The number of nitrogens with zero attached hydrogens (tertiary/aromatic N) is 2. The summed E-state index contributed by atoms with van der Waals surface area (Å²) in [6.45, 7) is 1.45. The summed E-state index contributed by atoms with van der Waals surface area (Å²) in [6, 6.07) is 29.2. The van der Waals surface area contributed by atoms with Crippen molar-refractivity contribution >= 4 is 23.5 Å². The average Bonchev–Trinajstić information content (AvgIpc) is 3.29. The maximum absolute atomic E-state index is 14.4. The standard InChI is InChI=1S/C33H26FN3O4/c1-33(31(39)40)28(22-8-4-2-5-9-22)27(30(38)24-10-6-3-7-11-24)29(23-14-12-21(20-35)13-15-23)37(33)32(41)36-26-18-16-25(34)17-19-26/h2-19,27-29H,1H3,(H,36,41)(H,39,40). The van der Waals surface area contributed by atoms with E-state index in [4.69, 9.17) is 0 Å². The highest BCUT2D eigenvalue weighted by Crippen LogP contribution is 2.56. The Bertz CT molecular complexity index is 1620. The third-order valence-electron chi connectivity index (χ3n) is 7.73. The Balaban J connectivity index is 1.76. The van der Waals surface area contributed by atoms with Gasteiger partial charge >= 0.3 is 12.0 Å². The molecular weight excluding hydrogens is 521 g/mol. The highest BCUT2D eigenvalue weighted by atomic mass is 19.1. The lowest BCUT2D eigenvalue weighted by molar-refractivity contribution is -0.148. The zero-order valence-corrected chi connectivity index (χ0v) is 22.1. The number of anilines is 1. The summed E-state index contributed by atoms with van der Waals surface area (Å²) >= 11 is 0. The van der Waals surface area contributed by atoms with E-state index in [1.807, 2.05) is 0 Å². The Morgan fingerprint density at radius 2 is 1.44 bits per heavy atom. The molecule has 1 heterocycles. The van der Waals surface area contributed by atoms with Gasteiger partial charge < -0.3 is 10.4 Å². The summed E-state index contributed by atoms with van der Waals surface area (Å²) in [5, 5.41) is 22.9. The van der Waals surface area contributed by atoms with Gasteiger partial charge in [-0.1, -0.05) is 72.8 Å². The molecule has 204 valence electrons. The number of urea groups is 1. The van der Waals surface area contributed by atoms with Crippen LogP contribution >= 0.6 is 0 Å². The lowest BCUT2D eigenvalue weighted by Crippen LogP contribution is -2.55. The normalized spacial score (nSPS) is 21.6. The van der Waals surface area contributed by atoms with Gasteiger partial charge in [0.1, 0.15) is 11.4 Å². The molecule has 7 nitrogen and oxygen atoms in total. The molecule has 0 saturated carbocycles. The molecule has 1 aliphatic rings. The molecule has 8 heteroatoms. The van der Waals surface area contributed by atoms with Crippen molar-refractivity contribution in [3.8, 4) is 6.07 Å². The summed E-state index contributed by atoms with van der Waals surface area (Å²) < 4.78 is 13.6. The van der Waals surface area contributed by atoms with Crippen LogP contribution in [0.3, 0.4) is 0 Å². The summed E-state index contributed by atoms with van der Waals surface area (Å²) in [4.78, 5) is 43.0. The summed E-state index contributed by atoms with van der Waals surface area (Å²) in [7, 11) is 0. The monoisotopic (exact) mass is 547 g/mol. The van der Waals surface area contributed by atoms with Gasteiger partial charge in [-0.05, 0) is 54.4 Å².